The number of nitrogens with one attached hydrogen (secondary N) is 1. The van der Waals surface area contributed by atoms with Crippen molar-refractivity contribution in [1.29, 1.82) is 0 Å². The molecule has 2 fully saturated rings. The predicted octanol–water partition coefficient (Wildman–Crippen LogP) is 2.40. The topological polar surface area (TPSA) is 49.3 Å². The number of nitrogens with zero attached hydrogens (tertiary/aromatic N) is 3. The Bertz CT molecular complexity index is 707. The standard InChI is InChI=1S/C23H34N4O2/c1-24-23(27-12-7-21(17-27)26-10-2-3-11-26)25-16-19-5-4-6-20(15-19)18-29-22-8-13-28-14-9-22/h2-6,15,21-22H,7-14,16-18H2,1H3,(H,24,25). The van der Waals surface area contributed by atoms with Gasteiger partial charge in [0.2, 0.25) is 0 Å². The van der Waals surface area contributed by atoms with Crippen molar-refractivity contribution in [2.24, 2.45) is 4.99 Å². The van der Waals surface area contributed by atoms with Gasteiger partial charge < -0.3 is 19.7 Å². The largest absolute Gasteiger partial charge is 0.381 e. The molecule has 6 heteroatoms. The summed E-state index contributed by atoms with van der Waals surface area (Å²) in [6.45, 7) is 7.40. The molecule has 1 aromatic carbocycles. The lowest BCUT2D eigenvalue weighted by atomic mass is 10.1. The van der Waals surface area contributed by atoms with Crippen LogP contribution in [0.2, 0.25) is 0 Å². The lowest BCUT2D eigenvalue weighted by Crippen LogP contribution is -2.42. The Morgan fingerprint density at radius 1 is 1.17 bits per heavy atom. The first-order valence-electron chi connectivity index (χ1n) is 10.9. The van der Waals surface area contributed by atoms with Crippen LogP contribution in [0.5, 0.6) is 0 Å². The van der Waals surface area contributed by atoms with Crippen LogP contribution in [0.4, 0.5) is 0 Å². The van der Waals surface area contributed by atoms with E-state index in [-0.39, 0.29) is 0 Å². The molecule has 1 N–H and O–H groups in total. The minimum absolute atomic E-state index is 0.332. The molecule has 0 bridgehead atoms. The van der Waals surface area contributed by atoms with Crippen molar-refractivity contribution in [1.82, 2.24) is 15.1 Å². The average molecular weight is 399 g/mol. The summed E-state index contributed by atoms with van der Waals surface area (Å²) in [7, 11) is 1.88. The second-order valence-electron chi connectivity index (χ2n) is 8.16. The van der Waals surface area contributed by atoms with Crippen molar-refractivity contribution in [2.45, 2.75) is 44.6 Å². The average Bonchev–Trinajstić information content (AvgIpc) is 3.46. The van der Waals surface area contributed by atoms with Crippen LogP contribution in [0.25, 0.3) is 0 Å². The predicted molar refractivity (Wildman–Crippen MR) is 116 cm³/mol. The molecule has 1 aromatic rings. The van der Waals surface area contributed by atoms with Gasteiger partial charge in [0.25, 0.3) is 0 Å². The van der Waals surface area contributed by atoms with Gasteiger partial charge in [-0.3, -0.25) is 9.89 Å². The highest BCUT2D eigenvalue weighted by Crippen LogP contribution is 2.18. The summed E-state index contributed by atoms with van der Waals surface area (Å²) >= 11 is 0. The van der Waals surface area contributed by atoms with E-state index in [0.717, 1.165) is 64.7 Å². The summed E-state index contributed by atoms with van der Waals surface area (Å²) in [5, 5.41) is 3.56. The number of aliphatic imine (C=N–C) groups is 1. The van der Waals surface area contributed by atoms with Gasteiger partial charge in [0, 0.05) is 59.0 Å². The van der Waals surface area contributed by atoms with Crippen LogP contribution < -0.4 is 5.32 Å². The maximum Gasteiger partial charge on any atom is 0.193 e. The first-order valence-corrected chi connectivity index (χ1v) is 10.9. The van der Waals surface area contributed by atoms with Crippen molar-refractivity contribution in [3.05, 3.63) is 47.5 Å². The molecule has 0 radical (unpaired) electrons. The molecule has 158 valence electrons. The maximum absolute atomic E-state index is 6.07. The molecule has 6 nitrogen and oxygen atoms in total. The van der Waals surface area contributed by atoms with Gasteiger partial charge in [-0.1, -0.05) is 36.4 Å². The zero-order chi connectivity index (χ0) is 19.9. The third-order valence-electron chi connectivity index (χ3n) is 6.13. The Balaban J connectivity index is 1.25. The smallest absolute Gasteiger partial charge is 0.193 e. The monoisotopic (exact) mass is 398 g/mol. The van der Waals surface area contributed by atoms with Gasteiger partial charge in [-0.15, -0.1) is 0 Å². The molecule has 3 aliphatic heterocycles. The Labute approximate surface area is 174 Å². The molecule has 2 saturated heterocycles. The number of benzene rings is 1. The third kappa shape index (κ3) is 5.59. The Hall–Kier alpha value is -1.89. The SMILES string of the molecule is CN=C(NCc1cccc(COC2CCOCC2)c1)N1CCC(N2CC=CC2)C1. The van der Waals surface area contributed by atoms with E-state index in [9.17, 15) is 0 Å². The third-order valence-corrected chi connectivity index (χ3v) is 6.13. The first-order chi connectivity index (χ1) is 14.3. The van der Waals surface area contributed by atoms with Crippen LogP contribution in [0.1, 0.15) is 30.4 Å². The quantitative estimate of drug-likeness (QED) is 0.453. The molecule has 29 heavy (non-hydrogen) atoms. The first kappa shape index (κ1) is 20.4. The van der Waals surface area contributed by atoms with E-state index in [2.05, 4.69) is 56.5 Å². The second kappa shape index (κ2) is 10.2. The summed E-state index contributed by atoms with van der Waals surface area (Å²) in [5.41, 5.74) is 2.49. The summed E-state index contributed by atoms with van der Waals surface area (Å²) in [6, 6.07) is 9.30. The van der Waals surface area contributed by atoms with Gasteiger partial charge >= 0.3 is 0 Å². The molecule has 0 aromatic heterocycles. The van der Waals surface area contributed by atoms with Crippen LogP contribution in [0.3, 0.4) is 0 Å². The Kier molecular flexibility index (Phi) is 7.19. The Morgan fingerprint density at radius 3 is 2.76 bits per heavy atom. The van der Waals surface area contributed by atoms with E-state index < -0.39 is 0 Å². The highest BCUT2D eigenvalue weighted by molar-refractivity contribution is 5.80. The van der Waals surface area contributed by atoms with E-state index in [1.165, 1.54) is 17.5 Å². The van der Waals surface area contributed by atoms with Crippen molar-refractivity contribution in [2.75, 3.05) is 46.4 Å². The lowest BCUT2D eigenvalue weighted by Gasteiger charge is -2.25. The van der Waals surface area contributed by atoms with Gasteiger partial charge in [-0.2, -0.15) is 0 Å². The molecule has 3 aliphatic rings. The molecule has 1 atom stereocenters. The van der Waals surface area contributed by atoms with Gasteiger partial charge in [-0.05, 0) is 30.4 Å². The minimum atomic E-state index is 0.332. The van der Waals surface area contributed by atoms with E-state index in [4.69, 9.17) is 9.47 Å². The van der Waals surface area contributed by atoms with E-state index in [1.807, 2.05) is 7.05 Å². The van der Waals surface area contributed by atoms with Crippen molar-refractivity contribution >= 4 is 5.96 Å². The number of hydrogen-bond acceptors (Lipinski definition) is 4. The normalized spacial score (nSPS) is 23.8. The van der Waals surface area contributed by atoms with Crippen LogP contribution in [-0.2, 0) is 22.6 Å². The molecule has 1 unspecified atom stereocenters. The fourth-order valence-electron chi connectivity index (χ4n) is 4.42. The van der Waals surface area contributed by atoms with Crippen molar-refractivity contribution in [3.8, 4) is 0 Å². The van der Waals surface area contributed by atoms with E-state index in [0.29, 0.717) is 18.8 Å². The summed E-state index contributed by atoms with van der Waals surface area (Å²) in [4.78, 5) is 9.47. The molecular formula is C23H34N4O2. The lowest BCUT2D eigenvalue weighted by molar-refractivity contribution is -0.0390. The fraction of sp³-hybridized carbons (Fsp3) is 0.609. The minimum Gasteiger partial charge on any atom is -0.381 e. The molecule has 3 heterocycles. The number of hydrogen-bond donors (Lipinski definition) is 1. The van der Waals surface area contributed by atoms with Gasteiger partial charge in [0.1, 0.15) is 0 Å². The molecular weight excluding hydrogens is 364 g/mol. The van der Waals surface area contributed by atoms with Crippen molar-refractivity contribution in [3.63, 3.8) is 0 Å². The maximum atomic E-state index is 6.07. The van der Waals surface area contributed by atoms with Gasteiger partial charge in [-0.25, -0.2) is 0 Å². The molecule has 0 saturated carbocycles. The zero-order valence-electron chi connectivity index (χ0n) is 17.6. The highest BCUT2D eigenvalue weighted by Gasteiger charge is 2.29. The number of rotatable bonds is 6. The summed E-state index contributed by atoms with van der Waals surface area (Å²) < 4.78 is 11.5. The molecule has 0 aliphatic carbocycles. The van der Waals surface area contributed by atoms with Crippen LogP contribution in [0, 0.1) is 0 Å². The van der Waals surface area contributed by atoms with E-state index in [1.54, 1.807) is 0 Å². The number of likely N-dealkylation sites (tertiary alicyclic amines) is 1. The van der Waals surface area contributed by atoms with Gasteiger partial charge in [0.05, 0.1) is 12.7 Å². The fourth-order valence-corrected chi connectivity index (χ4v) is 4.42. The van der Waals surface area contributed by atoms with Crippen LogP contribution >= 0.6 is 0 Å². The number of ether oxygens (including phenoxy) is 2. The van der Waals surface area contributed by atoms with Crippen LogP contribution in [-0.4, -0.2) is 74.3 Å². The molecule has 0 amide bonds. The van der Waals surface area contributed by atoms with E-state index >= 15 is 0 Å². The summed E-state index contributed by atoms with van der Waals surface area (Å²) in [5.74, 6) is 1.00. The highest BCUT2D eigenvalue weighted by atomic mass is 16.5. The summed E-state index contributed by atoms with van der Waals surface area (Å²) in [6.07, 6.45) is 8.09. The molecule has 0 spiro atoms. The molecule has 4 rings (SSSR count). The number of guanidine groups is 1. The Morgan fingerprint density at radius 2 is 1.97 bits per heavy atom. The van der Waals surface area contributed by atoms with Crippen LogP contribution in [0.15, 0.2) is 41.4 Å². The second-order valence-corrected chi connectivity index (χ2v) is 8.16. The zero-order valence-corrected chi connectivity index (χ0v) is 17.6. The van der Waals surface area contributed by atoms with Crippen molar-refractivity contribution < 1.29 is 9.47 Å². The van der Waals surface area contributed by atoms with Gasteiger partial charge in [0.15, 0.2) is 5.96 Å².